The van der Waals surface area contributed by atoms with Crippen LogP contribution in [0.2, 0.25) is 0 Å². The maximum atomic E-state index is 10.3. The second kappa shape index (κ2) is 12.0. The highest BCUT2D eigenvalue weighted by Crippen LogP contribution is 2.26. The van der Waals surface area contributed by atoms with Crippen LogP contribution in [0.3, 0.4) is 0 Å². The zero-order valence-electron chi connectivity index (χ0n) is 20.5. The largest absolute Gasteiger partial charge is 0.388 e. The zero-order chi connectivity index (χ0) is 22.9. The van der Waals surface area contributed by atoms with Crippen LogP contribution in [0.25, 0.3) is 0 Å². The molecule has 31 heavy (non-hydrogen) atoms. The number of benzene rings is 2. The van der Waals surface area contributed by atoms with Gasteiger partial charge in [0.15, 0.2) is 0 Å². The Labute approximate surface area is 190 Å². The molecule has 0 saturated carbocycles. The number of rotatable bonds is 6. The van der Waals surface area contributed by atoms with Crippen molar-refractivity contribution in [1.82, 2.24) is 5.32 Å². The lowest BCUT2D eigenvalue weighted by molar-refractivity contribution is -0.107. The van der Waals surface area contributed by atoms with Gasteiger partial charge in [0.25, 0.3) is 0 Å². The summed E-state index contributed by atoms with van der Waals surface area (Å²) in [6.45, 7) is 13.4. The highest BCUT2D eigenvalue weighted by Gasteiger charge is 2.16. The number of anilines is 1. The maximum Gasteiger partial charge on any atom is 0.120 e. The molecular weight excluding hydrogens is 380 g/mol. The Morgan fingerprint density at radius 3 is 2.52 bits per heavy atom. The second-order valence-electron chi connectivity index (χ2n) is 9.89. The Bertz CT molecular complexity index is 833. The van der Waals surface area contributed by atoms with Crippen molar-refractivity contribution in [3.8, 4) is 0 Å². The fourth-order valence-electron chi connectivity index (χ4n) is 3.93. The molecule has 0 fully saturated rings. The van der Waals surface area contributed by atoms with E-state index < -0.39 is 0 Å². The first-order valence-corrected chi connectivity index (χ1v) is 11.8. The minimum atomic E-state index is 0.265. The highest BCUT2D eigenvalue weighted by atomic mass is 16.1. The molecule has 170 valence electrons. The molecule has 0 atom stereocenters. The molecule has 2 N–H and O–H groups in total. The van der Waals surface area contributed by atoms with Crippen molar-refractivity contribution >= 4 is 12.0 Å². The Morgan fingerprint density at radius 1 is 1.10 bits per heavy atom. The Balaban J connectivity index is 0.000000220. The lowest BCUT2D eigenvalue weighted by Gasteiger charge is -2.21. The number of carbonyl (C=O) groups is 1. The van der Waals surface area contributed by atoms with Crippen molar-refractivity contribution < 1.29 is 4.79 Å². The Hall–Kier alpha value is -2.13. The van der Waals surface area contributed by atoms with Crippen molar-refractivity contribution in [2.45, 2.75) is 84.6 Å². The molecule has 3 rings (SSSR count). The van der Waals surface area contributed by atoms with E-state index in [0.29, 0.717) is 12.3 Å². The number of fused-ring (bicyclic) bond motifs is 1. The average molecular weight is 423 g/mol. The van der Waals surface area contributed by atoms with Crippen LogP contribution in [0.4, 0.5) is 5.69 Å². The summed E-state index contributed by atoms with van der Waals surface area (Å²) in [6, 6.07) is 13.5. The Kier molecular flexibility index (Phi) is 9.77. The van der Waals surface area contributed by atoms with E-state index in [9.17, 15) is 4.79 Å². The minimum absolute atomic E-state index is 0.265. The molecule has 0 amide bonds. The third-order valence-corrected chi connectivity index (χ3v) is 6.02. The standard InChI is InChI=1S/C14H21NO.C14H21N/c1-11(2)12-7-8-14(15-3)13(10-12)6-4-5-9-16;1-14(2,3)13-7-6-11-5-4-8-15-10-12(11)9-13/h7-11,15H,4-6H2,1-3H3;6-7,9,15H,4-5,8,10H2,1-3H3. The quantitative estimate of drug-likeness (QED) is 0.418. The number of hydrogen-bond acceptors (Lipinski definition) is 3. The number of aryl methyl sites for hydroxylation is 2. The molecule has 2 aromatic carbocycles. The first-order valence-electron chi connectivity index (χ1n) is 11.8. The molecule has 0 spiro atoms. The molecular formula is C28H42N2O. The van der Waals surface area contributed by atoms with Crippen molar-refractivity contribution in [2.75, 3.05) is 18.9 Å². The summed E-state index contributed by atoms with van der Waals surface area (Å²) < 4.78 is 0. The van der Waals surface area contributed by atoms with Gasteiger partial charge in [-0.25, -0.2) is 0 Å². The van der Waals surface area contributed by atoms with E-state index in [2.05, 4.69) is 81.7 Å². The van der Waals surface area contributed by atoms with E-state index in [-0.39, 0.29) is 5.41 Å². The third-order valence-electron chi connectivity index (χ3n) is 6.02. The summed E-state index contributed by atoms with van der Waals surface area (Å²) in [5.41, 5.74) is 8.60. The fourth-order valence-corrected chi connectivity index (χ4v) is 3.93. The van der Waals surface area contributed by atoms with Gasteiger partial charge in [-0.05, 0) is 77.4 Å². The molecule has 3 nitrogen and oxygen atoms in total. The SMILES string of the molecule is CC(C)(C)c1ccc2c(c1)CNCCC2.CNc1ccc(C(C)C)cc1CCCC=O. The van der Waals surface area contributed by atoms with E-state index in [1.807, 2.05) is 7.05 Å². The van der Waals surface area contributed by atoms with Gasteiger partial charge in [0.05, 0.1) is 0 Å². The average Bonchev–Trinajstić information content (AvgIpc) is 2.98. The Morgan fingerprint density at radius 2 is 1.87 bits per heavy atom. The molecule has 1 aliphatic rings. The second-order valence-corrected chi connectivity index (χ2v) is 9.89. The molecule has 2 aromatic rings. The molecule has 0 radical (unpaired) electrons. The van der Waals surface area contributed by atoms with Crippen LogP contribution in [-0.4, -0.2) is 19.9 Å². The summed E-state index contributed by atoms with van der Waals surface area (Å²) in [5.74, 6) is 0.552. The molecule has 1 heterocycles. The monoisotopic (exact) mass is 422 g/mol. The third kappa shape index (κ3) is 7.81. The molecule has 0 unspecified atom stereocenters. The van der Waals surface area contributed by atoms with Crippen LogP contribution in [0.5, 0.6) is 0 Å². The van der Waals surface area contributed by atoms with Crippen LogP contribution in [0.15, 0.2) is 36.4 Å². The van der Waals surface area contributed by atoms with Gasteiger partial charge in [0.2, 0.25) is 0 Å². The van der Waals surface area contributed by atoms with Gasteiger partial charge >= 0.3 is 0 Å². The number of aldehydes is 1. The van der Waals surface area contributed by atoms with Gasteiger partial charge < -0.3 is 15.4 Å². The van der Waals surface area contributed by atoms with E-state index in [1.54, 1.807) is 0 Å². The van der Waals surface area contributed by atoms with Gasteiger partial charge in [-0.2, -0.15) is 0 Å². The van der Waals surface area contributed by atoms with Crippen molar-refractivity contribution in [3.63, 3.8) is 0 Å². The topological polar surface area (TPSA) is 41.1 Å². The molecule has 0 saturated heterocycles. The minimum Gasteiger partial charge on any atom is -0.388 e. The normalized spacial score (nSPS) is 13.6. The molecule has 0 bridgehead atoms. The van der Waals surface area contributed by atoms with Gasteiger partial charge in [0.1, 0.15) is 6.29 Å². The molecule has 3 heteroatoms. The lowest BCUT2D eigenvalue weighted by atomic mass is 9.85. The summed E-state index contributed by atoms with van der Waals surface area (Å²) in [5, 5.41) is 6.68. The van der Waals surface area contributed by atoms with E-state index in [4.69, 9.17) is 0 Å². The maximum absolute atomic E-state index is 10.3. The summed E-state index contributed by atoms with van der Waals surface area (Å²) in [4.78, 5) is 10.3. The van der Waals surface area contributed by atoms with Crippen LogP contribution in [0.1, 0.15) is 87.6 Å². The van der Waals surface area contributed by atoms with Crippen LogP contribution >= 0.6 is 0 Å². The smallest absolute Gasteiger partial charge is 0.120 e. The first-order chi connectivity index (χ1) is 14.8. The van der Waals surface area contributed by atoms with Crippen molar-refractivity contribution in [2.24, 2.45) is 0 Å². The van der Waals surface area contributed by atoms with Crippen LogP contribution < -0.4 is 10.6 Å². The number of hydrogen-bond donors (Lipinski definition) is 2. The number of nitrogens with one attached hydrogen (secondary N) is 2. The van der Waals surface area contributed by atoms with E-state index in [1.165, 1.54) is 46.3 Å². The van der Waals surface area contributed by atoms with E-state index in [0.717, 1.165) is 32.2 Å². The lowest BCUT2D eigenvalue weighted by Crippen LogP contribution is -2.14. The summed E-state index contributed by atoms with van der Waals surface area (Å²) in [6.07, 6.45) is 6.03. The predicted molar refractivity (Wildman–Crippen MR) is 134 cm³/mol. The summed E-state index contributed by atoms with van der Waals surface area (Å²) in [7, 11) is 1.94. The van der Waals surface area contributed by atoms with Crippen LogP contribution in [-0.2, 0) is 29.6 Å². The van der Waals surface area contributed by atoms with Crippen molar-refractivity contribution in [3.05, 3.63) is 64.2 Å². The summed E-state index contributed by atoms with van der Waals surface area (Å²) >= 11 is 0. The van der Waals surface area contributed by atoms with Gasteiger partial charge in [0, 0.05) is 25.7 Å². The van der Waals surface area contributed by atoms with Crippen LogP contribution in [0, 0.1) is 0 Å². The molecule has 0 aromatic heterocycles. The number of unbranched alkanes of at least 4 members (excludes halogenated alkanes) is 1. The first kappa shape index (κ1) is 25.1. The van der Waals surface area contributed by atoms with Gasteiger partial charge in [-0.15, -0.1) is 0 Å². The highest BCUT2D eigenvalue weighted by molar-refractivity contribution is 5.53. The van der Waals surface area contributed by atoms with Gasteiger partial charge in [-0.3, -0.25) is 0 Å². The number of carbonyl (C=O) groups excluding carboxylic acids is 1. The van der Waals surface area contributed by atoms with Crippen molar-refractivity contribution in [1.29, 1.82) is 0 Å². The predicted octanol–water partition coefficient (Wildman–Crippen LogP) is 6.39. The zero-order valence-corrected chi connectivity index (χ0v) is 20.5. The molecule has 1 aliphatic heterocycles. The van der Waals surface area contributed by atoms with E-state index >= 15 is 0 Å². The molecule has 0 aliphatic carbocycles. The van der Waals surface area contributed by atoms with Gasteiger partial charge in [-0.1, -0.05) is 65.0 Å². The fraction of sp³-hybridized carbons (Fsp3) is 0.536.